The number of rotatable bonds is 9. The van der Waals surface area contributed by atoms with Crippen molar-refractivity contribution < 1.29 is 18.7 Å². The van der Waals surface area contributed by atoms with Gasteiger partial charge in [-0.15, -0.1) is 12.4 Å². The van der Waals surface area contributed by atoms with Gasteiger partial charge in [-0.3, -0.25) is 4.79 Å². The number of halogens is 2. The van der Waals surface area contributed by atoms with E-state index in [0.717, 1.165) is 12.8 Å². The summed E-state index contributed by atoms with van der Waals surface area (Å²) in [7, 11) is 1.57. The first kappa shape index (κ1) is 19.8. The number of carbonyl (C=O) groups excluding carboxylic acids is 1. The lowest BCUT2D eigenvalue weighted by Crippen LogP contribution is -2.38. The second-order valence-corrected chi connectivity index (χ2v) is 5.56. The molecular formula is C16H24ClFN2O3. The molecule has 2 rings (SSSR count). The molecule has 0 saturated heterocycles. The molecule has 0 spiro atoms. The van der Waals surface area contributed by atoms with Crippen molar-refractivity contribution in [3.8, 4) is 0 Å². The maximum atomic E-state index is 13.7. The molecule has 1 aliphatic rings. The van der Waals surface area contributed by atoms with Crippen molar-refractivity contribution >= 4 is 18.3 Å². The lowest BCUT2D eigenvalue weighted by Gasteiger charge is -2.12. The summed E-state index contributed by atoms with van der Waals surface area (Å²) in [6.07, 6.45) is 2.27. The van der Waals surface area contributed by atoms with Crippen LogP contribution >= 0.6 is 12.4 Å². The Labute approximate surface area is 142 Å². The third kappa shape index (κ3) is 6.43. The highest BCUT2D eigenvalue weighted by atomic mass is 35.5. The molecule has 0 bridgehead atoms. The van der Waals surface area contributed by atoms with Crippen molar-refractivity contribution in [1.29, 1.82) is 0 Å². The first-order valence-corrected chi connectivity index (χ1v) is 7.50. The van der Waals surface area contributed by atoms with Crippen LogP contribution in [0.25, 0.3) is 0 Å². The van der Waals surface area contributed by atoms with Crippen LogP contribution in [0.1, 0.15) is 28.8 Å². The van der Waals surface area contributed by atoms with E-state index in [1.807, 2.05) is 0 Å². The second-order valence-electron chi connectivity index (χ2n) is 5.56. The van der Waals surface area contributed by atoms with Crippen LogP contribution in [0.15, 0.2) is 18.2 Å². The zero-order chi connectivity index (χ0) is 15.9. The molecule has 0 radical (unpaired) electrons. The molecule has 1 fully saturated rings. The molecule has 1 atom stereocenters. The second kappa shape index (κ2) is 9.82. The van der Waals surface area contributed by atoms with Gasteiger partial charge >= 0.3 is 0 Å². The van der Waals surface area contributed by atoms with Gasteiger partial charge < -0.3 is 20.5 Å². The number of methoxy groups -OCH3 is 1. The predicted octanol–water partition coefficient (Wildman–Crippen LogP) is 1.88. The Hall–Kier alpha value is -1.21. The van der Waals surface area contributed by atoms with E-state index < -0.39 is 0 Å². The summed E-state index contributed by atoms with van der Waals surface area (Å²) in [5.41, 5.74) is 6.72. The lowest BCUT2D eigenvalue weighted by molar-refractivity contribution is 0.0604. The average molecular weight is 347 g/mol. The van der Waals surface area contributed by atoms with Gasteiger partial charge in [0.2, 0.25) is 0 Å². The number of hydrogen-bond acceptors (Lipinski definition) is 4. The fourth-order valence-electron chi connectivity index (χ4n) is 2.15. The van der Waals surface area contributed by atoms with Gasteiger partial charge in [-0.05, 0) is 37.0 Å². The Morgan fingerprint density at radius 2 is 2.17 bits per heavy atom. The summed E-state index contributed by atoms with van der Waals surface area (Å²) in [4.78, 5) is 12.1. The predicted molar refractivity (Wildman–Crippen MR) is 88.2 cm³/mol. The summed E-state index contributed by atoms with van der Waals surface area (Å²) in [6, 6.07) is 4.26. The van der Waals surface area contributed by atoms with Crippen molar-refractivity contribution in [2.45, 2.75) is 25.5 Å². The normalized spacial score (nSPS) is 14.9. The quantitative estimate of drug-likeness (QED) is 0.669. The van der Waals surface area contributed by atoms with Gasteiger partial charge in [0.25, 0.3) is 5.91 Å². The van der Waals surface area contributed by atoms with E-state index in [-0.39, 0.29) is 36.8 Å². The van der Waals surface area contributed by atoms with Crippen LogP contribution in [0.2, 0.25) is 0 Å². The molecule has 1 amide bonds. The molecule has 1 aromatic carbocycles. The van der Waals surface area contributed by atoms with Crippen molar-refractivity contribution in [2.24, 2.45) is 11.7 Å². The van der Waals surface area contributed by atoms with Gasteiger partial charge in [0.1, 0.15) is 5.82 Å². The van der Waals surface area contributed by atoms with Gasteiger partial charge in [0, 0.05) is 30.8 Å². The number of hydrogen-bond donors (Lipinski definition) is 2. The molecule has 1 aromatic rings. The van der Waals surface area contributed by atoms with E-state index in [4.69, 9.17) is 15.2 Å². The molecule has 1 saturated carbocycles. The van der Waals surface area contributed by atoms with Crippen LogP contribution in [0, 0.1) is 11.7 Å². The van der Waals surface area contributed by atoms with Crippen molar-refractivity contribution in [3.63, 3.8) is 0 Å². The van der Waals surface area contributed by atoms with Crippen molar-refractivity contribution in [2.75, 3.05) is 26.9 Å². The smallest absolute Gasteiger partial charge is 0.251 e. The number of ether oxygens (including phenoxy) is 2. The minimum absolute atomic E-state index is 0. The Bertz CT molecular complexity index is 512. The molecular weight excluding hydrogens is 323 g/mol. The number of carbonyl (C=O) groups is 1. The first-order chi connectivity index (χ1) is 10.6. The van der Waals surface area contributed by atoms with Gasteiger partial charge in [0.05, 0.1) is 19.8 Å². The monoisotopic (exact) mass is 346 g/mol. The van der Waals surface area contributed by atoms with Gasteiger partial charge in [0.15, 0.2) is 0 Å². The highest BCUT2D eigenvalue weighted by Crippen LogP contribution is 2.31. The van der Waals surface area contributed by atoms with E-state index in [2.05, 4.69) is 5.32 Å². The van der Waals surface area contributed by atoms with Crippen LogP contribution in [0.3, 0.4) is 0 Å². The SMILES string of the molecule is COCCOCc1cc(C(=O)NCC(N)C2CC2)ccc1F.Cl. The largest absolute Gasteiger partial charge is 0.382 e. The Morgan fingerprint density at radius 3 is 2.83 bits per heavy atom. The molecule has 23 heavy (non-hydrogen) atoms. The molecule has 5 nitrogen and oxygen atoms in total. The highest BCUT2D eigenvalue weighted by Gasteiger charge is 2.28. The summed E-state index contributed by atoms with van der Waals surface area (Å²) >= 11 is 0. The Morgan fingerprint density at radius 1 is 1.43 bits per heavy atom. The number of nitrogens with one attached hydrogen (secondary N) is 1. The minimum atomic E-state index is -0.386. The van der Waals surface area contributed by atoms with Crippen LogP contribution in [0.5, 0.6) is 0 Å². The minimum Gasteiger partial charge on any atom is -0.382 e. The van der Waals surface area contributed by atoms with Crippen LogP contribution in [-0.2, 0) is 16.1 Å². The summed E-state index contributed by atoms with van der Waals surface area (Å²) in [6.45, 7) is 1.38. The van der Waals surface area contributed by atoms with Crippen molar-refractivity contribution in [3.05, 3.63) is 35.1 Å². The zero-order valence-corrected chi connectivity index (χ0v) is 14.0. The average Bonchev–Trinajstić information content (AvgIpc) is 3.35. The zero-order valence-electron chi connectivity index (χ0n) is 13.2. The number of amides is 1. The third-order valence-corrected chi connectivity index (χ3v) is 3.72. The Balaban J connectivity index is 0.00000264. The summed E-state index contributed by atoms with van der Waals surface area (Å²) < 4.78 is 23.9. The standard InChI is InChI=1S/C16H23FN2O3.ClH/c1-21-6-7-22-10-13-8-12(4-5-14(13)17)16(20)19-9-15(18)11-2-3-11;/h4-5,8,11,15H,2-3,6-7,9-10,18H2,1H3,(H,19,20);1H. The number of benzene rings is 1. The highest BCUT2D eigenvalue weighted by molar-refractivity contribution is 5.94. The fourth-order valence-corrected chi connectivity index (χ4v) is 2.15. The summed E-state index contributed by atoms with van der Waals surface area (Å²) in [5.74, 6) is -0.101. The molecule has 1 unspecified atom stereocenters. The fraction of sp³-hybridized carbons (Fsp3) is 0.562. The van der Waals surface area contributed by atoms with Crippen molar-refractivity contribution in [1.82, 2.24) is 5.32 Å². The van der Waals surface area contributed by atoms with E-state index >= 15 is 0 Å². The molecule has 0 aromatic heterocycles. The first-order valence-electron chi connectivity index (χ1n) is 7.50. The van der Waals surface area contributed by atoms with E-state index in [0.29, 0.717) is 36.8 Å². The molecule has 0 heterocycles. The molecule has 0 aliphatic heterocycles. The summed E-state index contributed by atoms with van der Waals surface area (Å²) in [5, 5.41) is 2.80. The number of nitrogens with two attached hydrogens (primary N) is 1. The third-order valence-electron chi connectivity index (χ3n) is 3.72. The lowest BCUT2D eigenvalue weighted by atomic mass is 10.1. The maximum Gasteiger partial charge on any atom is 0.251 e. The maximum absolute atomic E-state index is 13.7. The molecule has 7 heteroatoms. The van der Waals surface area contributed by atoms with Gasteiger partial charge in [-0.2, -0.15) is 0 Å². The van der Waals surface area contributed by atoms with Crippen LogP contribution < -0.4 is 11.1 Å². The van der Waals surface area contributed by atoms with Gasteiger partial charge in [-0.25, -0.2) is 4.39 Å². The van der Waals surface area contributed by atoms with Crippen LogP contribution in [0.4, 0.5) is 4.39 Å². The topological polar surface area (TPSA) is 73.6 Å². The molecule has 130 valence electrons. The molecule has 3 N–H and O–H groups in total. The van der Waals surface area contributed by atoms with E-state index in [9.17, 15) is 9.18 Å². The van der Waals surface area contributed by atoms with Crippen LogP contribution in [-0.4, -0.2) is 38.8 Å². The van der Waals surface area contributed by atoms with E-state index in [1.165, 1.54) is 18.2 Å². The van der Waals surface area contributed by atoms with E-state index in [1.54, 1.807) is 7.11 Å². The Kier molecular flexibility index (Phi) is 8.47. The molecule has 1 aliphatic carbocycles. The van der Waals surface area contributed by atoms with Gasteiger partial charge in [-0.1, -0.05) is 0 Å².